The molecule has 0 bridgehead atoms. The molecule has 2 heterocycles. The standard InChI is InChI=1S/C13H6N2OS2/c1-15-12-5-9-11(18-12)3-2-10-8(13(9)16)4-7(6-14)17-10/h4-5H,2-3H2. The van der Waals surface area contributed by atoms with Crippen molar-refractivity contribution in [2.24, 2.45) is 0 Å². The topological polar surface area (TPSA) is 45.2 Å². The molecular formula is C13H6N2OS2. The van der Waals surface area contributed by atoms with Crippen LogP contribution in [0.25, 0.3) is 4.85 Å². The Kier molecular flexibility index (Phi) is 2.52. The highest BCUT2D eigenvalue weighted by molar-refractivity contribution is 7.16. The lowest BCUT2D eigenvalue weighted by Crippen LogP contribution is -1.99. The number of carbonyl (C=O) groups excluding carboxylic acids is 1. The summed E-state index contributed by atoms with van der Waals surface area (Å²) < 4.78 is 0. The van der Waals surface area contributed by atoms with E-state index >= 15 is 0 Å². The van der Waals surface area contributed by atoms with Crippen LogP contribution in [-0.4, -0.2) is 5.78 Å². The van der Waals surface area contributed by atoms with E-state index in [0.29, 0.717) is 21.0 Å². The van der Waals surface area contributed by atoms with Crippen molar-refractivity contribution < 1.29 is 4.79 Å². The maximum Gasteiger partial charge on any atom is 0.242 e. The fourth-order valence-corrected chi connectivity index (χ4v) is 3.98. The van der Waals surface area contributed by atoms with Gasteiger partial charge in [0.2, 0.25) is 5.00 Å². The Balaban J connectivity index is 2.16. The van der Waals surface area contributed by atoms with Gasteiger partial charge < -0.3 is 0 Å². The smallest absolute Gasteiger partial charge is 0.242 e. The molecule has 0 saturated carbocycles. The van der Waals surface area contributed by atoms with Crippen LogP contribution < -0.4 is 0 Å². The third kappa shape index (κ3) is 1.57. The zero-order valence-electron chi connectivity index (χ0n) is 9.19. The molecule has 1 aliphatic rings. The van der Waals surface area contributed by atoms with E-state index in [2.05, 4.69) is 10.9 Å². The first-order valence-corrected chi connectivity index (χ1v) is 6.94. The van der Waals surface area contributed by atoms with Gasteiger partial charge in [-0.1, -0.05) is 0 Å². The third-order valence-electron chi connectivity index (χ3n) is 2.89. The Labute approximate surface area is 112 Å². The van der Waals surface area contributed by atoms with Crippen molar-refractivity contribution in [1.29, 1.82) is 5.26 Å². The van der Waals surface area contributed by atoms with Crippen LogP contribution in [0.5, 0.6) is 0 Å². The van der Waals surface area contributed by atoms with Crippen LogP contribution in [-0.2, 0) is 12.8 Å². The molecule has 3 rings (SSSR count). The lowest BCUT2D eigenvalue weighted by Gasteiger charge is -1.95. The molecule has 18 heavy (non-hydrogen) atoms. The first-order valence-electron chi connectivity index (χ1n) is 5.30. The molecule has 2 aromatic heterocycles. The molecule has 1 aliphatic carbocycles. The molecule has 0 aromatic carbocycles. The molecule has 0 atom stereocenters. The number of rotatable bonds is 0. The summed E-state index contributed by atoms with van der Waals surface area (Å²) in [5.41, 5.74) is 1.29. The van der Waals surface area contributed by atoms with Gasteiger partial charge in [0.05, 0.1) is 6.57 Å². The maximum atomic E-state index is 12.4. The second-order valence-electron chi connectivity index (χ2n) is 3.92. The Hall–Kier alpha value is -1.95. The molecule has 3 nitrogen and oxygen atoms in total. The minimum Gasteiger partial charge on any atom is -0.289 e. The number of thiophene rings is 2. The summed E-state index contributed by atoms with van der Waals surface area (Å²) in [5, 5.41) is 9.45. The second-order valence-corrected chi connectivity index (χ2v) is 6.17. The molecule has 0 aliphatic heterocycles. The lowest BCUT2D eigenvalue weighted by atomic mass is 10.1. The number of hydrogen-bond acceptors (Lipinski definition) is 4. The van der Waals surface area contributed by atoms with Crippen LogP contribution in [0.4, 0.5) is 5.00 Å². The van der Waals surface area contributed by atoms with E-state index < -0.39 is 0 Å². The van der Waals surface area contributed by atoms with Gasteiger partial charge in [-0.2, -0.15) is 16.6 Å². The predicted octanol–water partition coefficient (Wildman–Crippen LogP) is 3.56. The van der Waals surface area contributed by atoms with Crippen molar-refractivity contribution in [3.8, 4) is 6.07 Å². The van der Waals surface area contributed by atoms with Gasteiger partial charge in [0, 0.05) is 20.9 Å². The molecule has 0 radical (unpaired) electrons. The largest absolute Gasteiger partial charge is 0.289 e. The maximum absolute atomic E-state index is 12.4. The third-order valence-corrected chi connectivity index (χ3v) is 5.08. The highest BCUT2D eigenvalue weighted by Crippen LogP contribution is 2.37. The van der Waals surface area contributed by atoms with Gasteiger partial charge in [0.25, 0.3) is 0 Å². The molecule has 0 amide bonds. The molecular weight excluding hydrogens is 264 g/mol. The van der Waals surface area contributed by atoms with Gasteiger partial charge in [0.15, 0.2) is 5.78 Å². The number of nitrogens with zero attached hydrogens (tertiary/aromatic N) is 2. The van der Waals surface area contributed by atoms with Crippen LogP contribution in [0.2, 0.25) is 0 Å². The van der Waals surface area contributed by atoms with E-state index in [0.717, 1.165) is 22.6 Å². The Morgan fingerprint density at radius 1 is 1.22 bits per heavy atom. The van der Waals surface area contributed by atoms with E-state index in [9.17, 15) is 4.79 Å². The van der Waals surface area contributed by atoms with E-state index in [4.69, 9.17) is 11.8 Å². The summed E-state index contributed by atoms with van der Waals surface area (Å²) in [6.45, 7) is 7.01. The van der Waals surface area contributed by atoms with E-state index in [1.807, 2.05) is 0 Å². The number of carbonyl (C=O) groups is 1. The van der Waals surface area contributed by atoms with Gasteiger partial charge in [-0.25, -0.2) is 4.85 Å². The predicted molar refractivity (Wildman–Crippen MR) is 70.5 cm³/mol. The molecule has 0 spiro atoms. The van der Waals surface area contributed by atoms with Gasteiger partial charge in [0.1, 0.15) is 10.9 Å². The quantitative estimate of drug-likeness (QED) is 0.687. The average Bonchev–Trinajstić information content (AvgIpc) is 2.97. The molecule has 0 saturated heterocycles. The van der Waals surface area contributed by atoms with Crippen molar-refractivity contribution >= 4 is 33.5 Å². The number of ketones is 1. The zero-order chi connectivity index (χ0) is 12.7. The highest BCUT2D eigenvalue weighted by atomic mass is 32.1. The van der Waals surface area contributed by atoms with Crippen LogP contribution in [0, 0.1) is 17.9 Å². The number of aryl methyl sites for hydroxylation is 2. The zero-order valence-corrected chi connectivity index (χ0v) is 10.8. The van der Waals surface area contributed by atoms with E-state index in [1.165, 1.54) is 22.7 Å². The number of fused-ring (bicyclic) bond motifs is 2. The normalized spacial score (nSPS) is 13.1. The lowest BCUT2D eigenvalue weighted by molar-refractivity contribution is 0.103. The summed E-state index contributed by atoms with van der Waals surface area (Å²) in [6.07, 6.45) is 1.55. The molecule has 5 heteroatoms. The molecule has 0 fully saturated rings. The fraction of sp³-hybridized carbons (Fsp3) is 0.154. The van der Waals surface area contributed by atoms with Crippen molar-refractivity contribution in [3.63, 3.8) is 0 Å². The fourth-order valence-electron chi connectivity index (χ4n) is 2.08. The average molecular weight is 270 g/mol. The van der Waals surface area contributed by atoms with E-state index in [1.54, 1.807) is 12.1 Å². The summed E-state index contributed by atoms with van der Waals surface area (Å²) in [7, 11) is 0. The first kappa shape index (κ1) is 11.2. The number of hydrogen-bond donors (Lipinski definition) is 0. The van der Waals surface area contributed by atoms with Crippen LogP contribution in [0.1, 0.15) is 30.6 Å². The van der Waals surface area contributed by atoms with E-state index in [-0.39, 0.29) is 5.78 Å². The molecule has 0 N–H and O–H groups in total. The van der Waals surface area contributed by atoms with Crippen molar-refractivity contribution in [1.82, 2.24) is 0 Å². The number of nitriles is 1. The highest BCUT2D eigenvalue weighted by Gasteiger charge is 2.25. The molecule has 86 valence electrons. The Morgan fingerprint density at radius 3 is 2.56 bits per heavy atom. The van der Waals surface area contributed by atoms with Gasteiger partial charge >= 0.3 is 0 Å². The molecule has 2 aromatic rings. The van der Waals surface area contributed by atoms with Gasteiger partial charge in [-0.15, -0.1) is 11.3 Å². The summed E-state index contributed by atoms with van der Waals surface area (Å²) in [6, 6.07) is 5.43. The Morgan fingerprint density at radius 2 is 1.89 bits per heavy atom. The molecule has 0 unspecified atom stereocenters. The Bertz CT molecular complexity index is 678. The first-order chi connectivity index (χ1) is 8.72. The minimum absolute atomic E-state index is 0.0404. The van der Waals surface area contributed by atoms with Crippen molar-refractivity contribution in [2.75, 3.05) is 0 Å². The van der Waals surface area contributed by atoms with Gasteiger partial charge in [-0.05, 0) is 25.0 Å². The van der Waals surface area contributed by atoms with Crippen LogP contribution >= 0.6 is 22.7 Å². The second kappa shape index (κ2) is 4.06. The summed E-state index contributed by atoms with van der Waals surface area (Å²) in [5.74, 6) is -0.0404. The van der Waals surface area contributed by atoms with Gasteiger partial charge in [-0.3, -0.25) is 4.79 Å². The van der Waals surface area contributed by atoms with Crippen molar-refractivity contribution in [2.45, 2.75) is 12.8 Å². The monoisotopic (exact) mass is 270 g/mol. The SMILES string of the molecule is [C-]#[N+]c1cc2c(s1)CCc1sc(C#N)cc1C2=O. The summed E-state index contributed by atoms with van der Waals surface area (Å²) >= 11 is 2.80. The van der Waals surface area contributed by atoms with Crippen LogP contribution in [0.3, 0.4) is 0 Å². The minimum atomic E-state index is -0.0404. The van der Waals surface area contributed by atoms with Crippen molar-refractivity contribution in [3.05, 3.63) is 49.3 Å². The van der Waals surface area contributed by atoms with Crippen LogP contribution in [0.15, 0.2) is 12.1 Å². The summed E-state index contributed by atoms with van der Waals surface area (Å²) in [4.78, 5) is 18.3.